The highest BCUT2D eigenvalue weighted by Crippen LogP contribution is 2.25. The molecular formula is C22H19ClN2OS. The standard InChI is InChI=1S/C22H19ClN2OS/c1-15-9-8-10-16(2)19(15)24-22(27)20(25-13-6-3-7-14-25)21(26)17-11-4-5-12-18(17)23/h3-14H,1-2H3,(H-,24,26,27). The maximum Gasteiger partial charge on any atom is 0.238 e. The van der Waals surface area contributed by atoms with Crippen LogP contribution in [-0.2, 0) is 0 Å². The largest absolute Gasteiger partial charge is 0.867 e. The average Bonchev–Trinajstić information content (AvgIpc) is 2.66. The van der Waals surface area contributed by atoms with Crippen molar-refractivity contribution < 1.29 is 9.67 Å². The zero-order valence-electron chi connectivity index (χ0n) is 15.1. The Morgan fingerprint density at radius 1 is 0.926 bits per heavy atom. The van der Waals surface area contributed by atoms with Crippen molar-refractivity contribution in [3.8, 4) is 0 Å². The minimum absolute atomic E-state index is 0.236. The molecule has 0 fully saturated rings. The second-order valence-electron chi connectivity index (χ2n) is 6.16. The third-order valence-electron chi connectivity index (χ3n) is 4.24. The van der Waals surface area contributed by atoms with Crippen LogP contribution >= 0.6 is 23.8 Å². The second-order valence-corrected chi connectivity index (χ2v) is 6.98. The fourth-order valence-electron chi connectivity index (χ4n) is 2.84. The van der Waals surface area contributed by atoms with Gasteiger partial charge < -0.3 is 10.4 Å². The van der Waals surface area contributed by atoms with E-state index in [2.05, 4.69) is 5.32 Å². The molecule has 0 amide bonds. The van der Waals surface area contributed by atoms with Crippen LogP contribution in [0, 0.1) is 13.8 Å². The van der Waals surface area contributed by atoms with Gasteiger partial charge >= 0.3 is 0 Å². The predicted octanol–water partition coefficient (Wildman–Crippen LogP) is 4.37. The number of hydrogen-bond donors (Lipinski definition) is 1. The van der Waals surface area contributed by atoms with Crippen LogP contribution in [0.1, 0.15) is 16.7 Å². The molecule has 0 radical (unpaired) electrons. The van der Waals surface area contributed by atoms with Crippen molar-refractivity contribution in [1.82, 2.24) is 0 Å². The topological polar surface area (TPSA) is 39.0 Å². The summed E-state index contributed by atoms with van der Waals surface area (Å²) in [5.74, 6) is -0.236. The van der Waals surface area contributed by atoms with Crippen molar-refractivity contribution in [2.24, 2.45) is 0 Å². The van der Waals surface area contributed by atoms with Crippen molar-refractivity contribution >= 4 is 46.0 Å². The number of para-hydroxylation sites is 1. The van der Waals surface area contributed by atoms with Gasteiger partial charge in [-0.15, -0.1) is 0 Å². The van der Waals surface area contributed by atoms with Crippen molar-refractivity contribution in [2.45, 2.75) is 13.8 Å². The van der Waals surface area contributed by atoms with Gasteiger partial charge in [-0.05, 0) is 42.4 Å². The highest BCUT2D eigenvalue weighted by molar-refractivity contribution is 7.81. The van der Waals surface area contributed by atoms with Crippen molar-refractivity contribution in [3.63, 3.8) is 0 Å². The third-order valence-corrected chi connectivity index (χ3v) is 4.87. The molecular weight excluding hydrogens is 376 g/mol. The Kier molecular flexibility index (Phi) is 5.89. The molecule has 5 heteroatoms. The van der Waals surface area contributed by atoms with Gasteiger partial charge in [0, 0.05) is 22.8 Å². The van der Waals surface area contributed by atoms with Crippen LogP contribution in [-0.4, -0.2) is 4.99 Å². The van der Waals surface area contributed by atoms with Gasteiger partial charge in [-0.3, -0.25) is 0 Å². The monoisotopic (exact) mass is 394 g/mol. The van der Waals surface area contributed by atoms with E-state index >= 15 is 0 Å². The lowest BCUT2D eigenvalue weighted by Gasteiger charge is -2.19. The fraction of sp³-hybridized carbons (Fsp3) is 0.0909. The Morgan fingerprint density at radius 3 is 2.19 bits per heavy atom. The lowest BCUT2D eigenvalue weighted by atomic mass is 10.1. The molecule has 1 heterocycles. The van der Waals surface area contributed by atoms with Gasteiger partial charge in [0.15, 0.2) is 17.4 Å². The van der Waals surface area contributed by atoms with Gasteiger partial charge in [0.25, 0.3) is 0 Å². The van der Waals surface area contributed by atoms with Crippen molar-refractivity contribution in [3.05, 3.63) is 94.8 Å². The number of aryl methyl sites for hydroxylation is 2. The zero-order chi connectivity index (χ0) is 19.4. The van der Waals surface area contributed by atoms with E-state index in [0.717, 1.165) is 16.8 Å². The van der Waals surface area contributed by atoms with Gasteiger partial charge in [-0.25, -0.2) is 0 Å². The first kappa shape index (κ1) is 19.1. The number of aromatic nitrogens is 1. The molecule has 2 aromatic carbocycles. The summed E-state index contributed by atoms with van der Waals surface area (Å²) in [6, 6.07) is 18.6. The van der Waals surface area contributed by atoms with Crippen LogP contribution in [0.2, 0.25) is 5.02 Å². The summed E-state index contributed by atoms with van der Waals surface area (Å²) in [6.45, 7) is 4.01. The zero-order valence-corrected chi connectivity index (χ0v) is 16.6. The second kappa shape index (κ2) is 8.33. The number of rotatable bonds is 4. The summed E-state index contributed by atoms with van der Waals surface area (Å²) in [4.78, 5) is 0.341. The summed E-state index contributed by atoms with van der Waals surface area (Å²) in [5, 5.41) is 16.9. The molecule has 1 aromatic heterocycles. The van der Waals surface area contributed by atoms with Crippen LogP contribution < -0.4 is 15.0 Å². The van der Waals surface area contributed by atoms with E-state index < -0.39 is 0 Å². The number of pyridine rings is 1. The molecule has 3 nitrogen and oxygen atoms in total. The Balaban J connectivity index is 2.12. The van der Waals surface area contributed by atoms with Crippen LogP contribution in [0.5, 0.6) is 0 Å². The van der Waals surface area contributed by atoms with E-state index in [9.17, 15) is 5.11 Å². The molecule has 0 aliphatic heterocycles. The lowest BCUT2D eigenvalue weighted by molar-refractivity contribution is -0.577. The summed E-state index contributed by atoms with van der Waals surface area (Å²) in [7, 11) is 0. The minimum Gasteiger partial charge on any atom is -0.867 e. The summed E-state index contributed by atoms with van der Waals surface area (Å²) in [5.41, 5.74) is 3.78. The molecule has 0 saturated heterocycles. The van der Waals surface area contributed by atoms with Crippen LogP contribution in [0.25, 0.3) is 11.5 Å². The first-order valence-corrected chi connectivity index (χ1v) is 9.28. The highest BCUT2D eigenvalue weighted by atomic mass is 35.5. The van der Waals surface area contributed by atoms with E-state index in [4.69, 9.17) is 23.8 Å². The van der Waals surface area contributed by atoms with Crippen molar-refractivity contribution in [1.29, 1.82) is 0 Å². The maximum atomic E-state index is 13.3. The number of benzene rings is 2. The van der Waals surface area contributed by atoms with Crippen molar-refractivity contribution in [2.75, 3.05) is 5.32 Å². The molecule has 0 aliphatic rings. The molecule has 0 unspecified atom stereocenters. The Hall–Kier alpha value is -2.69. The fourth-order valence-corrected chi connectivity index (χ4v) is 3.36. The number of thiocarbonyl (C=S) groups is 1. The molecule has 0 aliphatic carbocycles. The smallest absolute Gasteiger partial charge is 0.238 e. The Bertz CT molecular complexity index is 996. The van der Waals surface area contributed by atoms with E-state index in [1.165, 1.54) is 0 Å². The predicted molar refractivity (Wildman–Crippen MR) is 113 cm³/mol. The molecule has 0 saturated carbocycles. The molecule has 0 spiro atoms. The molecule has 3 aromatic rings. The van der Waals surface area contributed by atoms with Gasteiger partial charge in [0.2, 0.25) is 5.70 Å². The molecule has 1 N–H and O–H groups in total. The number of anilines is 1. The normalized spacial score (nSPS) is 11.7. The van der Waals surface area contributed by atoms with Gasteiger partial charge in [-0.1, -0.05) is 66.3 Å². The third kappa shape index (κ3) is 4.18. The molecule has 3 rings (SSSR count). The number of nitrogens with zero attached hydrogens (tertiary/aromatic N) is 1. The van der Waals surface area contributed by atoms with Crippen LogP contribution in [0.3, 0.4) is 0 Å². The summed E-state index contributed by atoms with van der Waals surface area (Å²) >= 11 is 11.9. The van der Waals surface area contributed by atoms with E-state index in [1.807, 2.05) is 50.2 Å². The van der Waals surface area contributed by atoms with E-state index in [1.54, 1.807) is 41.2 Å². The number of hydrogen-bond acceptors (Lipinski definition) is 2. The molecule has 0 atom stereocenters. The summed E-state index contributed by atoms with van der Waals surface area (Å²) < 4.78 is 1.72. The molecule has 27 heavy (non-hydrogen) atoms. The number of halogens is 1. The van der Waals surface area contributed by atoms with Gasteiger partial charge in [0.1, 0.15) is 0 Å². The van der Waals surface area contributed by atoms with E-state index in [0.29, 0.717) is 21.3 Å². The van der Waals surface area contributed by atoms with Gasteiger partial charge in [-0.2, -0.15) is 4.57 Å². The first-order valence-electron chi connectivity index (χ1n) is 8.49. The SMILES string of the molecule is Cc1cccc(C)c1NC(=S)C(=C([O-])c1ccccc1Cl)[n+]1ccccc1. The molecule has 0 bridgehead atoms. The highest BCUT2D eigenvalue weighted by Gasteiger charge is 2.20. The van der Waals surface area contributed by atoms with Crippen LogP contribution in [0.4, 0.5) is 5.69 Å². The minimum atomic E-state index is -0.236. The van der Waals surface area contributed by atoms with E-state index in [-0.39, 0.29) is 5.76 Å². The van der Waals surface area contributed by atoms with Gasteiger partial charge in [0.05, 0.1) is 0 Å². The lowest BCUT2D eigenvalue weighted by Crippen LogP contribution is -2.40. The molecule has 136 valence electrons. The first-order chi connectivity index (χ1) is 13.0. The average molecular weight is 395 g/mol. The van der Waals surface area contributed by atoms with Crippen LogP contribution in [0.15, 0.2) is 73.1 Å². The maximum absolute atomic E-state index is 13.3. The quantitative estimate of drug-likeness (QED) is 0.309. The Morgan fingerprint density at radius 2 is 1.56 bits per heavy atom. The summed E-state index contributed by atoms with van der Waals surface area (Å²) in [6.07, 6.45) is 3.59. The number of nitrogens with one attached hydrogen (secondary N) is 1. The Labute approximate surface area is 169 Å².